The number of aryl methyl sites for hydroxylation is 2. The van der Waals surface area contributed by atoms with E-state index < -0.39 is 0 Å². The minimum absolute atomic E-state index is 0.170. The summed E-state index contributed by atoms with van der Waals surface area (Å²) in [4.78, 5) is 0. The van der Waals surface area contributed by atoms with Gasteiger partial charge < -0.3 is 15.8 Å². The van der Waals surface area contributed by atoms with Crippen molar-refractivity contribution in [2.45, 2.75) is 45.8 Å². The van der Waals surface area contributed by atoms with Crippen LogP contribution in [0, 0.1) is 13.8 Å². The van der Waals surface area contributed by atoms with E-state index in [0.717, 1.165) is 12.1 Å². The summed E-state index contributed by atoms with van der Waals surface area (Å²) in [6.45, 7) is 8.93. The Labute approximate surface area is 125 Å². The maximum Gasteiger partial charge on any atom is 0.0642 e. The zero-order valence-electron chi connectivity index (χ0n) is 12.5. The molecule has 19 heavy (non-hydrogen) atoms. The Morgan fingerprint density at radius 2 is 1.84 bits per heavy atom. The standard InChI is InChI=1S/C15H25BrN2O/c1-10-6-12(7-11(2)14(10)16)18-13(9-17)8-15(3,4)19-5/h6-7,13,18H,8-9,17H2,1-5H3. The molecule has 0 bridgehead atoms. The first-order valence-electron chi connectivity index (χ1n) is 6.57. The normalized spacial score (nSPS) is 13.4. The van der Waals surface area contributed by atoms with Crippen molar-refractivity contribution < 1.29 is 4.74 Å². The van der Waals surface area contributed by atoms with Crippen molar-refractivity contribution in [1.82, 2.24) is 0 Å². The van der Waals surface area contributed by atoms with Gasteiger partial charge in [0.2, 0.25) is 0 Å². The van der Waals surface area contributed by atoms with Crippen molar-refractivity contribution in [3.63, 3.8) is 0 Å². The number of hydrogen-bond donors (Lipinski definition) is 2. The van der Waals surface area contributed by atoms with Gasteiger partial charge in [-0.3, -0.25) is 0 Å². The SMILES string of the molecule is COC(C)(C)CC(CN)Nc1cc(C)c(Br)c(C)c1. The van der Waals surface area contributed by atoms with Crippen LogP contribution < -0.4 is 11.1 Å². The van der Waals surface area contributed by atoms with Crippen LogP contribution in [0.25, 0.3) is 0 Å². The molecule has 4 heteroatoms. The van der Waals surface area contributed by atoms with Crippen LogP contribution in [0.5, 0.6) is 0 Å². The van der Waals surface area contributed by atoms with E-state index in [2.05, 4.69) is 61.1 Å². The Balaban J connectivity index is 2.82. The molecule has 0 saturated heterocycles. The Morgan fingerprint density at radius 3 is 2.26 bits per heavy atom. The zero-order valence-corrected chi connectivity index (χ0v) is 14.1. The van der Waals surface area contributed by atoms with Crippen molar-refractivity contribution in [1.29, 1.82) is 0 Å². The van der Waals surface area contributed by atoms with Crippen LogP contribution >= 0.6 is 15.9 Å². The molecular weight excluding hydrogens is 304 g/mol. The fourth-order valence-corrected chi connectivity index (χ4v) is 2.36. The highest BCUT2D eigenvalue weighted by atomic mass is 79.9. The van der Waals surface area contributed by atoms with E-state index in [1.54, 1.807) is 7.11 Å². The van der Waals surface area contributed by atoms with Gasteiger partial charge in [-0.1, -0.05) is 15.9 Å². The van der Waals surface area contributed by atoms with E-state index >= 15 is 0 Å². The Bertz CT molecular complexity index is 409. The number of anilines is 1. The first-order valence-corrected chi connectivity index (χ1v) is 7.37. The molecule has 3 N–H and O–H groups in total. The molecule has 1 rings (SSSR count). The molecule has 0 aromatic heterocycles. The lowest BCUT2D eigenvalue weighted by molar-refractivity contribution is 0.0122. The van der Waals surface area contributed by atoms with E-state index in [9.17, 15) is 0 Å². The highest BCUT2D eigenvalue weighted by Gasteiger charge is 2.22. The third kappa shape index (κ3) is 4.79. The fraction of sp³-hybridized carbons (Fsp3) is 0.600. The molecule has 0 heterocycles. The molecule has 0 aliphatic rings. The first-order chi connectivity index (χ1) is 8.79. The van der Waals surface area contributed by atoms with Gasteiger partial charge in [0.15, 0.2) is 0 Å². The van der Waals surface area contributed by atoms with Crippen molar-refractivity contribution in [3.8, 4) is 0 Å². The number of nitrogens with two attached hydrogens (primary N) is 1. The number of methoxy groups -OCH3 is 1. The molecule has 0 fully saturated rings. The summed E-state index contributed by atoms with van der Waals surface area (Å²) in [5, 5.41) is 3.50. The summed E-state index contributed by atoms with van der Waals surface area (Å²) < 4.78 is 6.64. The molecule has 3 nitrogen and oxygen atoms in total. The summed E-state index contributed by atoms with van der Waals surface area (Å²) in [7, 11) is 1.74. The van der Waals surface area contributed by atoms with Gasteiger partial charge in [-0.25, -0.2) is 0 Å². The maximum absolute atomic E-state index is 5.86. The second kappa shape index (κ2) is 6.73. The second-order valence-corrected chi connectivity index (χ2v) is 6.46. The summed E-state index contributed by atoms with van der Waals surface area (Å²) in [6, 6.07) is 4.48. The van der Waals surface area contributed by atoms with Crippen LogP contribution in [0.1, 0.15) is 31.4 Å². The molecule has 0 radical (unpaired) electrons. The predicted molar refractivity (Wildman–Crippen MR) is 85.8 cm³/mol. The van der Waals surface area contributed by atoms with E-state index in [1.807, 2.05) is 0 Å². The average Bonchev–Trinajstić information content (AvgIpc) is 2.34. The van der Waals surface area contributed by atoms with Crippen LogP contribution in [0.4, 0.5) is 5.69 Å². The van der Waals surface area contributed by atoms with Gasteiger partial charge in [-0.2, -0.15) is 0 Å². The summed E-state index contributed by atoms with van der Waals surface area (Å²) in [5.41, 5.74) is 9.26. The predicted octanol–water partition coefficient (Wildman–Crippen LogP) is 3.62. The van der Waals surface area contributed by atoms with Gasteiger partial charge in [0.25, 0.3) is 0 Å². The number of benzene rings is 1. The third-order valence-electron chi connectivity index (χ3n) is 3.38. The molecule has 1 atom stereocenters. The van der Waals surface area contributed by atoms with Crippen LogP contribution in [0.3, 0.4) is 0 Å². The number of nitrogens with one attached hydrogen (secondary N) is 1. The van der Waals surface area contributed by atoms with E-state index in [-0.39, 0.29) is 11.6 Å². The Morgan fingerprint density at radius 1 is 1.32 bits per heavy atom. The van der Waals surface area contributed by atoms with Crippen LogP contribution in [0.2, 0.25) is 0 Å². The van der Waals surface area contributed by atoms with Gasteiger partial charge in [-0.15, -0.1) is 0 Å². The second-order valence-electron chi connectivity index (χ2n) is 5.67. The van der Waals surface area contributed by atoms with Gasteiger partial charge in [0.05, 0.1) is 5.60 Å². The summed E-state index contributed by atoms with van der Waals surface area (Å²) >= 11 is 3.58. The highest BCUT2D eigenvalue weighted by molar-refractivity contribution is 9.10. The summed E-state index contributed by atoms with van der Waals surface area (Å²) in [6.07, 6.45) is 0.869. The average molecular weight is 329 g/mol. The fourth-order valence-electron chi connectivity index (χ4n) is 2.13. The topological polar surface area (TPSA) is 47.3 Å². The first kappa shape index (κ1) is 16.5. The zero-order chi connectivity index (χ0) is 14.6. The van der Waals surface area contributed by atoms with Crippen molar-refractivity contribution in [2.24, 2.45) is 5.73 Å². The van der Waals surface area contributed by atoms with Crippen molar-refractivity contribution in [3.05, 3.63) is 27.7 Å². The third-order valence-corrected chi connectivity index (χ3v) is 4.63. The number of ether oxygens (including phenoxy) is 1. The molecule has 0 aliphatic heterocycles. The van der Waals surface area contributed by atoms with Crippen molar-refractivity contribution >= 4 is 21.6 Å². The minimum atomic E-state index is -0.170. The number of halogens is 1. The maximum atomic E-state index is 5.86. The lowest BCUT2D eigenvalue weighted by atomic mass is 9.98. The van der Waals surface area contributed by atoms with Gasteiger partial charge in [-0.05, 0) is 57.4 Å². The number of hydrogen-bond acceptors (Lipinski definition) is 3. The monoisotopic (exact) mass is 328 g/mol. The molecule has 0 aliphatic carbocycles. The van der Waals surface area contributed by atoms with E-state index in [0.29, 0.717) is 6.54 Å². The highest BCUT2D eigenvalue weighted by Crippen LogP contribution is 2.26. The molecule has 0 spiro atoms. The molecule has 1 aromatic rings. The number of rotatable bonds is 6. The van der Waals surface area contributed by atoms with E-state index in [1.165, 1.54) is 15.6 Å². The van der Waals surface area contributed by atoms with Crippen LogP contribution in [-0.4, -0.2) is 25.3 Å². The minimum Gasteiger partial charge on any atom is -0.381 e. The van der Waals surface area contributed by atoms with Crippen molar-refractivity contribution in [2.75, 3.05) is 19.0 Å². The largest absolute Gasteiger partial charge is 0.381 e. The lowest BCUT2D eigenvalue weighted by Crippen LogP contribution is -2.37. The van der Waals surface area contributed by atoms with Gasteiger partial charge in [0, 0.05) is 29.9 Å². The molecule has 108 valence electrons. The van der Waals surface area contributed by atoms with Gasteiger partial charge >= 0.3 is 0 Å². The quantitative estimate of drug-likeness (QED) is 0.838. The lowest BCUT2D eigenvalue weighted by Gasteiger charge is -2.29. The molecular formula is C15H25BrN2O. The molecule has 0 saturated carbocycles. The Kier molecular flexibility index (Phi) is 5.83. The van der Waals surface area contributed by atoms with Gasteiger partial charge in [0.1, 0.15) is 0 Å². The van der Waals surface area contributed by atoms with Crippen LogP contribution in [0.15, 0.2) is 16.6 Å². The Hall–Kier alpha value is -0.580. The smallest absolute Gasteiger partial charge is 0.0642 e. The molecule has 1 aromatic carbocycles. The molecule has 0 amide bonds. The van der Waals surface area contributed by atoms with E-state index in [4.69, 9.17) is 10.5 Å². The molecule has 1 unspecified atom stereocenters. The van der Waals surface area contributed by atoms with Crippen LogP contribution in [-0.2, 0) is 4.74 Å². The summed E-state index contributed by atoms with van der Waals surface area (Å²) in [5.74, 6) is 0.